The van der Waals surface area contributed by atoms with Gasteiger partial charge in [-0.25, -0.2) is 0 Å². The molecule has 0 atom stereocenters. The largest absolute Gasteiger partial charge is 0.326 e. The lowest BCUT2D eigenvalue weighted by atomic mass is 10.1. The number of hydrogen-bond donors (Lipinski definition) is 1. The minimum Gasteiger partial charge on any atom is -0.326 e. The molecule has 0 radical (unpaired) electrons. The minimum atomic E-state index is -0.451. The highest BCUT2D eigenvalue weighted by Gasteiger charge is 2.12. The van der Waals surface area contributed by atoms with E-state index in [0.717, 1.165) is 18.7 Å². The molecule has 0 saturated carbocycles. The van der Waals surface area contributed by atoms with Gasteiger partial charge in [0, 0.05) is 42.4 Å². The van der Waals surface area contributed by atoms with Crippen molar-refractivity contribution in [2.24, 2.45) is 0 Å². The van der Waals surface area contributed by atoms with Crippen LogP contribution in [0.15, 0.2) is 42.5 Å². The first kappa shape index (κ1) is 19.9. The number of hydrogen-bond acceptors (Lipinski definition) is 4. The number of nitro benzene ring substituents is 1. The average molecular weight is 376 g/mol. The zero-order valence-electron chi connectivity index (χ0n) is 14.9. The predicted octanol–water partition coefficient (Wildman–Crippen LogP) is 4.41. The van der Waals surface area contributed by atoms with E-state index in [1.54, 1.807) is 13.0 Å². The van der Waals surface area contributed by atoms with Gasteiger partial charge in [-0.2, -0.15) is 0 Å². The standard InChI is InChI=1S/C19H22ClN3O3/c1-3-22(13-15-5-4-6-16(20)12-15)10-9-19(24)21-18-8-7-17(23(25)26)11-14(18)2/h4-8,11-12H,3,9-10,13H2,1-2H3,(H,21,24). The molecule has 2 aromatic rings. The number of nitrogens with zero attached hydrogens (tertiary/aromatic N) is 2. The van der Waals surface area contributed by atoms with Crippen LogP contribution in [0, 0.1) is 17.0 Å². The maximum absolute atomic E-state index is 12.2. The Morgan fingerprint density at radius 1 is 1.27 bits per heavy atom. The number of anilines is 1. The summed E-state index contributed by atoms with van der Waals surface area (Å²) in [6.45, 7) is 5.93. The summed E-state index contributed by atoms with van der Waals surface area (Å²) in [4.78, 5) is 24.7. The van der Waals surface area contributed by atoms with Crippen molar-refractivity contribution in [3.8, 4) is 0 Å². The molecule has 0 aliphatic carbocycles. The van der Waals surface area contributed by atoms with Crippen LogP contribution in [0.3, 0.4) is 0 Å². The van der Waals surface area contributed by atoms with E-state index in [1.807, 2.05) is 31.2 Å². The summed E-state index contributed by atoms with van der Waals surface area (Å²) in [6, 6.07) is 12.1. The lowest BCUT2D eigenvalue weighted by Crippen LogP contribution is -2.27. The molecule has 0 aromatic heterocycles. The van der Waals surface area contributed by atoms with Crippen LogP contribution >= 0.6 is 11.6 Å². The number of nitro groups is 1. The van der Waals surface area contributed by atoms with Crippen LogP contribution < -0.4 is 5.32 Å². The van der Waals surface area contributed by atoms with Crippen LogP contribution in [-0.2, 0) is 11.3 Å². The number of nitrogens with one attached hydrogen (secondary N) is 1. The highest BCUT2D eigenvalue weighted by Crippen LogP contribution is 2.21. The van der Waals surface area contributed by atoms with Crippen LogP contribution in [-0.4, -0.2) is 28.8 Å². The highest BCUT2D eigenvalue weighted by atomic mass is 35.5. The van der Waals surface area contributed by atoms with Crippen molar-refractivity contribution in [3.05, 3.63) is 68.7 Å². The van der Waals surface area contributed by atoms with Crippen LogP contribution in [0.2, 0.25) is 5.02 Å². The lowest BCUT2D eigenvalue weighted by molar-refractivity contribution is -0.384. The van der Waals surface area contributed by atoms with E-state index in [2.05, 4.69) is 10.2 Å². The van der Waals surface area contributed by atoms with Gasteiger partial charge in [0.1, 0.15) is 0 Å². The molecule has 0 fully saturated rings. The van der Waals surface area contributed by atoms with Gasteiger partial charge in [0.2, 0.25) is 5.91 Å². The Hall–Kier alpha value is -2.44. The van der Waals surface area contributed by atoms with Gasteiger partial charge in [-0.15, -0.1) is 0 Å². The molecule has 0 heterocycles. The first-order valence-corrected chi connectivity index (χ1v) is 8.78. The van der Waals surface area contributed by atoms with E-state index in [0.29, 0.717) is 29.2 Å². The molecule has 6 nitrogen and oxygen atoms in total. The number of carbonyl (C=O) groups excluding carboxylic acids is 1. The molecule has 0 bridgehead atoms. The second-order valence-corrected chi connectivity index (χ2v) is 6.49. The normalized spacial score (nSPS) is 10.8. The van der Waals surface area contributed by atoms with Gasteiger partial charge >= 0.3 is 0 Å². The minimum absolute atomic E-state index is 0.0131. The Kier molecular flexibility index (Phi) is 7.12. The first-order valence-electron chi connectivity index (χ1n) is 8.40. The molecule has 7 heteroatoms. The monoisotopic (exact) mass is 375 g/mol. The van der Waals surface area contributed by atoms with Crippen molar-refractivity contribution >= 4 is 28.9 Å². The fraction of sp³-hybridized carbons (Fsp3) is 0.316. The summed E-state index contributed by atoms with van der Waals surface area (Å²) in [5.41, 5.74) is 2.38. The molecule has 0 saturated heterocycles. The SMILES string of the molecule is CCN(CCC(=O)Nc1ccc([N+](=O)[O-])cc1C)Cc1cccc(Cl)c1. The summed E-state index contributed by atoms with van der Waals surface area (Å²) < 4.78 is 0. The summed E-state index contributed by atoms with van der Waals surface area (Å²) in [7, 11) is 0. The topological polar surface area (TPSA) is 75.5 Å². The Bertz CT molecular complexity index is 795. The molecule has 0 aliphatic rings. The maximum Gasteiger partial charge on any atom is 0.269 e. The van der Waals surface area contributed by atoms with E-state index in [9.17, 15) is 14.9 Å². The van der Waals surface area contributed by atoms with Crippen molar-refractivity contribution in [2.45, 2.75) is 26.8 Å². The second-order valence-electron chi connectivity index (χ2n) is 6.05. The van der Waals surface area contributed by atoms with Gasteiger partial charge in [0.25, 0.3) is 5.69 Å². The summed E-state index contributed by atoms with van der Waals surface area (Å²) >= 11 is 6.01. The van der Waals surface area contributed by atoms with Crippen molar-refractivity contribution in [1.82, 2.24) is 4.90 Å². The van der Waals surface area contributed by atoms with Crippen LogP contribution in [0.4, 0.5) is 11.4 Å². The molecule has 0 spiro atoms. The van der Waals surface area contributed by atoms with Gasteiger partial charge in [0.15, 0.2) is 0 Å². The summed E-state index contributed by atoms with van der Waals surface area (Å²) in [5, 5.41) is 14.3. The zero-order chi connectivity index (χ0) is 19.1. The third-order valence-corrected chi connectivity index (χ3v) is 4.33. The molecule has 0 aliphatic heterocycles. The first-order chi connectivity index (χ1) is 12.4. The Morgan fingerprint density at radius 2 is 2.04 bits per heavy atom. The number of rotatable bonds is 8. The van der Waals surface area contributed by atoms with Crippen molar-refractivity contribution < 1.29 is 9.72 Å². The summed E-state index contributed by atoms with van der Waals surface area (Å²) in [6.07, 6.45) is 0.338. The second kappa shape index (κ2) is 9.31. The fourth-order valence-corrected chi connectivity index (χ4v) is 2.83. The van der Waals surface area contributed by atoms with Gasteiger partial charge in [-0.3, -0.25) is 19.8 Å². The van der Waals surface area contributed by atoms with Crippen molar-refractivity contribution in [3.63, 3.8) is 0 Å². The highest BCUT2D eigenvalue weighted by molar-refractivity contribution is 6.30. The van der Waals surface area contributed by atoms with E-state index in [4.69, 9.17) is 11.6 Å². The van der Waals surface area contributed by atoms with Gasteiger partial charge in [-0.1, -0.05) is 30.7 Å². The number of non-ortho nitro benzene ring substituents is 1. The molecule has 2 aromatic carbocycles. The lowest BCUT2D eigenvalue weighted by Gasteiger charge is -2.20. The number of carbonyl (C=O) groups is 1. The average Bonchev–Trinajstić information content (AvgIpc) is 2.60. The van der Waals surface area contributed by atoms with Gasteiger partial charge in [0.05, 0.1) is 4.92 Å². The van der Waals surface area contributed by atoms with E-state index in [1.165, 1.54) is 12.1 Å². The number of aryl methyl sites for hydroxylation is 1. The van der Waals surface area contributed by atoms with Gasteiger partial charge in [-0.05, 0) is 42.8 Å². The van der Waals surface area contributed by atoms with Crippen LogP contribution in [0.25, 0.3) is 0 Å². The molecule has 2 rings (SSSR count). The van der Waals surface area contributed by atoms with E-state index < -0.39 is 4.92 Å². The number of benzene rings is 2. The smallest absolute Gasteiger partial charge is 0.269 e. The van der Waals surface area contributed by atoms with Crippen molar-refractivity contribution in [1.29, 1.82) is 0 Å². The quantitative estimate of drug-likeness (QED) is 0.547. The van der Waals surface area contributed by atoms with E-state index >= 15 is 0 Å². The third-order valence-electron chi connectivity index (χ3n) is 4.09. The number of halogens is 1. The van der Waals surface area contributed by atoms with Gasteiger partial charge < -0.3 is 5.32 Å². The fourth-order valence-electron chi connectivity index (χ4n) is 2.62. The molecule has 1 amide bonds. The van der Waals surface area contributed by atoms with Crippen molar-refractivity contribution in [2.75, 3.05) is 18.4 Å². The predicted molar refractivity (Wildman–Crippen MR) is 103 cm³/mol. The number of amides is 1. The van der Waals surface area contributed by atoms with Crippen LogP contribution in [0.5, 0.6) is 0 Å². The third kappa shape index (κ3) is 5.82. The molecular formula is C19H22ClN3O3. The van der Waals surface area contributed by atoms with E-state index in [-0.39, 0.29) is 11.6 Å². The molecular weight excluding hydrogens is 354 g/mol. The Morgan fingerprint density at radius 3 is 2.65 bits per heavy atom. The molecule has 0 unspecified atom stereocenters. The van der Waals surface area contributed by atoms with Crippen LogP contribution in [0.1, 0.15) is 24.5 Å². The Balaban J connectivity index is 1.89. The molecule has 1 N–H and O–H groups in total. The Labute approximate surface area is 157 Å². The maximum atomic E-state index is 12.2. The zero-order valence-corrected chi connectivity index (χ0v) is 15.6. The molecule has 26 heavy (non-hydrogen) atoms. The molecule has 138 valence electrons. The summed E-state index contributed by atoms with van der Waals surface area (Å²) in [5.74, 6) is -0.119.